The summed E-state index contributed by atoms with van der Waals surface area (Å²) in [5, 5.41) is 5.67. The highest BCUT2D eigenvalue weighted by Crippen LogP contribution is 2.67. The zero-order chi connectivity index (χ0) is 50.7. The third-order valence-electron chi connectivity index (χ3n) is 17.0. The molecule has 0 saturated heterocycles. The number of carbonyl (C=O) groups excluding carboxylic acids is 3. The summed E-state index contributed by atoms with van der Waals surface area (Å²) in [5.74, 6) is 0.0258. The number of ether oxygens (including phenoxy) is 1. The number of fused-ring (bicyclic) bond motifs is 9. The van der Waals surface area contributed by atoms with E-state index in [-0.39, 0.29) is 38.9 Å². The third-order valence-corrected chi connectivity index (χ3v) is 17.3. The van der Waals surface area contributed by atoms with Crippen molar-refractivity contribution in [2.45, 2.75) is 118 Å². The Kier molecular flexibility index (Phi) is 13.0. The SMILES string of the molecule is CC(C)(C)OC(=O)N(Cc1ccccc1)Nc1ccc2ccccc2c1.CC1(C)[C@@H]2CC[C@@]1(C)C(=O)C2C(=O)Cl.CC1(C)[C@@H]2CC[C@@]1(C)c1c2c(=O)n(-c2ccc3ccccc3c2)n1Cc1ccccc1. The van der Waals surface area contributed by atoms with Crippen LogP contribution in [0, 0.1) is 28.1 Å². The number of hydrogen-bond donors (Lipinski definition) is 1. The van der Waals surface area contributed by atoms with Crippen LogP contribution in [0.2, 0.25) is 0 Å². The van der Waals surface area contributed by atoms with Crippen molar-refractivity contribution in [3.8, 4) is 5.69 Å². The van der Waals surface area contributed by atoms with Crippen LogP contribution in [0.25, 0.3) is 27.2 Å². The molecule has 1 unspecified atom stereocenters. The lowest BCUT2D eigenvalue weighted by Crippen LogP contribution is -2.40. The number of amides is 1. The molecule has 4 bridgehead atoms. The Bertz CT molecular complexity index is 3210. The molecule has 3 fully saturated rings. The smallest absolute Gasteiger partial charge is 0.429 e. The van der Waals surface area contributed by atoms with Gasteiger partial charge in [-0.2, -0.15) is 0 Å². The van der Waals surface area contributed by atoms with Crippen LogP contribution in [-0.2, 0) is 32.8 Å². The fourth-order valence-electron chi connectivity index (χ4n) is 12.4. The summed E-state index contributed by atoms with van der Waals surface area (Å²) in [6.45, 7) is 19.9. The normalized spacial score (nSPS) is 23.1. The van der Waals surface area contributed by atoms with Gasteiger partial charge in [0, 0.05) is 16.4 Å². The van der Waals surface area contributed by atoms with Crippen LogP contribution >= 0.6 is 11.6 Å². The van der Waals surface area contributed by atoms with Crippen molar-refractivity contribution < 1.29 is 19.1 Å². The molecule has 10 heteroatoms. The number of carbonyl (C=O) groups is 3. The van der Waals surface area contributed by atoms with Crippen LogP contribution in [0.5, 0.6) is 0 Å². The van der Waals surface area contributed by atoms with Crippen molar-refractivity contribution >= 4 is 56.0 Å². The van der Waals surface area contributed by atoms with Gasteiger partial charge in [-0.3, -0.25) is 24.5 Å². The molecule has 5 atom stereocenters. The molecule has 0 radical (unpaired) electrons. The van der Waals surface area contributed by atoms with Gasteiger partial charge in [-0.15, -0.1) is 0 Å². The molecule has 4 aliphatic rings. The van der Waals surface area contributed by atoms with Gasteiger partial charge in [-0.1, -0.05) is 163 Å². The van der Waals surface area contributed by atoms with E-state index in [2.05, 4.69) is 124 Å². The fourth-order valence-corrected chi connectivity index (χ4v) is 12.6. The largest absolute Gasteiger partial charge is 0.442 e. The van der Waals surface area contributed by atoms with Crippen molar-refractivity contribution in [2.24, 2.45) is 28.1 Å². The predicted molar refractivity (Wildman–Crippen MR) is 286 cm³/mol. The number of nitrogens with one attached hydrogen (secondary N) is 1. The molecule has 3 saturated carbocycles. The Morgan fingerprint density at radius 2 is 1.23 bits per heavy atom. The molecule has 71 heavy (non-hydrogen) atoms. The summed E-state index contributed by atoms with van der Waals surface area (Å²) in [5.41, 5.74) is 8.89. The van der Waals surface area contributed by atoms with Crippen molar-refractivity contribution in [3.05, 3.63) is 178 Å². The number of aromatic nitrogens is 2. The zero-order valence-corrected chi connectivity index (χ0v) is 43.3. The lowest BCUT2D eigenvalue weighted by atomic mass is 9.70. The van der Waals surface area contributed by atoms with E-state index in [9.17, 15) is 19.2 Å². The van der Waals surface area contributed by atoms with Gasteiger partial charge in [-0.25, -0.2) is 14.5 Å². The quantitative estimate of drug-likeness (QED) is 0.0924. The second-order valence-electron chi connectivity index (χ2n) is 22.7. The fraction of sp³-hybridized carbons (Fsp3) is 0.377. The molecule has 6 aromatic carbocycles. The van der Waals surface area contributed by atoms with Crippen molar-refractivity contribution in [3.63, 3.8) is 0 Å². The topological polar surface area (TPSA) is 103 Å². The van der Waals surface area contributed by atoms with Gasteiger partial charge in [0.05, 0.1) is 36.1 Å². The Labute approximate surface area is 423 Å². The molecule has 368 valence electrons. The number of anilines is 1. The minimum Gasteiger partial charge on any atom is -0.442 e. The first-order valence-corrected chi connectivity index (χ1v) is 25.5. The molecule has 0 aliphatic heterocycles. The van der Waals surface area contributed by atoms with Gasteiger partial charge in [0.2, 0.25) is 5.24 Å². The molecular weight excluding hydrogens is 904 g/mol. The minimum absolute atomic E-state index is 0.0169. The first-order valence-electron chi connectivity index (χ1n) is 25.1. The third kappa shape index (κ3) is 8.89. The summed E-state index contributed by atoms with van der Waals surface area (Å²) in [6.07, 6.45) is 3.71. The highest BCUT2D eigenvalue weighted by atomic mass is 35.5. The summed E-state index contributed by atoms with van der Waals surface area (Å²) in [7, 11) is 0. The van der Waals surface area contributed by atoms with Crippen molar-refractivity contribution in [1.29, 1.82) is 0 Å². The summed E-state index contributed by atoms with van der Waals surface area (Å²) < 4.78 is 9.80. The number of rotatable bonds is 8. The maximum absolute atomic E-state index is 14.0. The average molecular weight is 972 g/mol. The Balaban J connectivity index is 0.000000141. The summed E-state index contributed by atoms with van der Waals surface area (Å²) in [6, 6.07) is 49.2. The van der Waals surface area contributed by atoms with E-state index in [4.69, 9.17) is 16.3 Å². The molecule has 0 spiro atoms. The van der Waals surface area contributed by atoms with Gasteiger partial charge >= 0.3 is 6.09 Å². The van der Waals surface area contributed by atoms with Crippen LogP contribution in [0.15, 0.2) is 150 Å². The monoisotopic (exact) mass is 970 g/mol. The molecule has 9 nitrogen and oxygen atoms in total. The number of benzene rings is 6. The highest BCUT2D eigenvalue weighted by molar-refractivity contribution is 6.65. The van der Waals surface area contributed by atoms with E-state index in [1.807, 2.05) is 99.1 Å². The molecule has 11 rings (SSSR count). The van der Waals surface area contributed by atoms with E-state index in [0.29, 0.717) is 19.0 Å². The number of nitrogens with zero attached hydrogens (tertiary/aromatic N) is 3. The molecule has 1 aromatic heterocycles. The zero-order valence-electron chi connectivity index (χ0n) is 42.6. The summed E-state index contributed by atoms with van der Waals surface area (Å²) >= 11 is 5.50. The van der Waals surface area contributed by atoms with Crippen molar-refractivity contribution in [2.75, 3.05) is 5.43 Å². The van der Waals surface area contributed by atoms with Gasteiger partial charge in [0.1, 0.15) is 5.60 Å². The molecule has 7 aromatic rings. The molecule has 1 amide bonds. The molecule has 1 N–H and O–H groups in total. The lowest BCUT2D eigenvalue weighted by Gasteiger charge is -2.36. The van der Waals surface area contributed by atoms with Gasteiger partial charge in [-0.05, 0) is 138 Å². The summed E-state index contributed by atoms with van der Waals surface area (Å²) in [4.78, 5) is 49.9. The second kappa shape index (κ2) is 18.6. The van der Waals surface area contributed by atoms with Crippen LogP contribution in [0.4, 0.5) is 10.5 Å². The van der Waals surface area contributed by atoms with E-state index in [1.54, 1.807) is 0 Å². The maximum Gasteiger partial charge on any atom is 0.429 e. The number of Topliss-reactive ketones (excluding diaryl/α,β-unsaturated/α-hetero) is 1. The van der Waals surface area contributed by atoms with E-state index in [0.717, 1.165) is 64.3 Å². The van der Waals surface area contributed by atoms with Crippen LogP contribution in [0.1, 0.15) is 116 Å². The van der Waals surface area contributed by atoms with Crippen LogP contribution in [-0.4, -0.2) is 37.1 Å². The minimum atomic E-state index is -0.558. The van der Waals surface area contributed by atoms with Gasteiger partial charge < -0.3 is 4.74 Å². The Morgan fingerprint density at radius 3 is 1.79 bits per heavy atom. The highest BCUT2D eigenvalue weighted by Gasteiger charge is 2.67. The lowest BCUT2D eigenvalue weighted by molar-refractivity contribution is -0.135. The number of ketones is 1. The first-order chi connectivity index (χ1) is 33.6. The standard InChI is InChI=1S/C28H28N2O.C22H24N2O2.C11H15ClO2/c1-27(2)23-15-16-28(27,3)25-24(23)26(31)30(29(25)18-19-9-5-4-6-10-19)22-14-13-20-11-7-8-12-21(20)17-22;1-22(2,3)26-21(25)24(16-17-9-5-4-6-10-17)23-20-14-13-18-11-7-8-12-19(18)15-20;1-10(2)6-4-5-11(10,3)8(13)7(6)9(12)14/h4-14,17,23H,15-16,18H2,1-3H3;4-15,23H,16H2,1-3H3;6-7H,4-5H2,1-3H3/t23-,28+;;6-,7?,11+/m1.1/s1. The van der Waals surface area contributed by atoms with E-state index < -0.39 is 22.9 Å². The first kappa shape index (κ1) is 49.5. The number of halogens is 1. The Hall–Kier alpha value is -6.45. The molecular formula is C61H67ClN4O5. The Morgan fingerprint density at radius 1 is 0.676 bits per heavy atom. The second-order valence-corrected chi connectivity index (χ2v) is 23.0. The molecule has 4 aliphatic carbocycles. The average Bonchev–Trinajstić information content (AvgIpc) is 3.95. The predicted octanol–water partition coefficient (Wildman–Crippen LogP) is 14.0. The van der Waals surface area contributed by atoms with Crippen LogP contribution in [0.3, 0.4) is 0 Å². The maximum atomic E-state index is 14.0. The number of hydrazine groups is 1. The van der Waals surface area contributed by atoms with Gasteiger partial charge in [0.15, 0.2) is 5.78 Å². The van der Waals surface area contributed by atoms with Crippen molar-refractivity contribution in [1.82, 2.24) is 14.4 Å². The number of hydrogen-bond acceptors (Lipinski definition) is 6. The van der Waals surface area contributed by atoms with Crippen LogP contribution < -0.4 is 11.0 Å². The van der Waals surface area contributed by atoms with E-state index in [1.165, 1.54) is 21.7 Å². The van der Waals surface area contributed by atoms with E-state index >= 15 is 0 Å². The van der Waals surface area contributed by atoms with Gasteiger partial charge in [0.25, 0.3) is 5.56 Å². The molecule has 1 heterocycles.